The first-order chi connectivity index (χ1) is 12.5. The number of halogens is 4. The molecule has 0 fully saturated rings. The Bertz CT molecular complexity index is 688. The van der Waals surface area contributed by atoms with Crippen LogP contribution in [0.3, 0.4) is 0 Å². The first-order valence-electron chi connectivity index (χ1n) is 9.00. The molecule has 4 nitrogen and oxygen atoms in total. The first kappa shape index (κ1) is 22.4. The van der Waals surface area contributed by atoms with Crippen molar-refractivity contribution < 1.29 is 23.4 Å². The van der Waals surface area contributed by atoms with Crippen LogP contribution in [-0.4, -0.2) is 38.9 Å². The predicted octanol–water partition coefficient (Wildman–Crippen LogP) is 4.31. The van der Waals surface area contributed by atoms with E-state index in [4.69, 9.17) is 0 Å². The molecule has 0 saturated heterocycles. The first-order valence-corrected chi connectivity index (χ1v) is 10.5. The van der Waals surface area contributed by atoms with Gasteiger partial charge in [-0.15, -0.1) is 0 Å². The van der Waals surface area contributed by atoms with Gasteiger partial charge in [0.15, 0.2) is 12.3 Å². The summed E-state index contributed by atoms with van der Waals surface area (Å²) < 4.78 is 40.9. The third kappa shape index (κ3) is 3.85. The highest BCUT2D eigenvalue weighted by atomic mass is 127. The summed E-state index contributed by atoms with van der Waals surface area (Å²) in [5.41, 5.74) is 0.730. The number of aliphatic hydroxyl groups is 2. The van der Waals surface area contributed by atoms with Gasteiger partial charge in [0.05, 0.1) is 11.1 Å². The number of anilines is 1. The van der Waals surface area contributed by atoms with Crippen LogP contribution >= 0.6 is 22.6 Å². The van der Waals surface area contributed by atoms with Crippen LogP contribution in [0.5, 0.6) is 0 Å². The molecule has 2 N–H and O–H groups in total. The molecule has 0 spiro atoms. The van der Waals surface area contributed by atoms with Crippen molar-refractivity contribution in [3.05, 3.63) is 29.3 Å². The molecule has 1 heterocycles. The minimum atomic E-state index is -4.87. The molecule has 0 amide bonds. The summed E-state index contributed by atoms with van der Waals surface area (Å²) in [6, 6.07) is 5.68. The standard InChI is InChI=1S/C19H26F3IN2O2/c1-5-13-7-14(6-2)9-15(8-13)25-17(27)18(11(3)10-23,12(4)24-25)16(26)19(20,21)22/h7-9,11,16-17,26-27H,5-6,10H2,1-4H3. The largest absolute Gasteiger partial charge is 0.415 e. The van der Waals surface area contributed by atoms with E-state index in [1.165, 1.54) is 11.9 Å². The van der Waals surface area contributed by atoms with Gasteiger partial charge < -0.3 is 10.2 Å². The van der Waals surface area contributed by atoms with Gasteiger partial charge in [-0.1, -0.05) is 49.4 Å². The molecule has 4 atom stereocenters. The molecule has 0 aliphatic carbocycles. The lowest BCUT2D eigenvalue weighted by atomic mass is 9.68. The van der Waals surface area contributed by atoms with Crippen LogP contribution in [-0.2, 0) is 12.8 Å². The lowest BCUT2D eigenvalue weighted by molar-refractivity contribution is -0.245. The zero-order valence-electron chi connectivity index (χ0n) is 15.9. The molecule has 4 unspecified atom stereocenters. The van der Waals surface area contributed by atoms with Gasteiger partial charge in [0.1, 0.15) is 0 Å². The summed E-state index contributed by atoms with van der Waals surface area (Å²) in [4.78, 5) is 0. The molecule has 152 valence electrons. The molecule has 1 aliphatic rings. The smallest absolute Gasteiger partial charge is 0.383 e. The Morgan fingerprint density at radius 2 is 1.74 bits per heavy atom. The number of alkyl halides is 4. The van der Waals surface area contributed by atoms with Crippen molar-refractivity contribution in [1.29, 1.82) is 0 Å². The van der Waals surface area contributed by atoms with Crippen molar-refractivity contribution >= 4 is 34.0 Å². The van der Waals surface area contributed by atoms with Gasteiger partial charge in [0, 0.05) is 10.1 Å². The van der Waals surface area contributed by atoms with E-state index in [0.29, 0.717) is 10.1 Å². The summed E-state index contributed by atoms with van der Waals surface area (Å²) in [6.07, 6.45) is -7.68. The summed E-state index contributed by atoms with van der Waals surface area (Å²) in [5, 5.41) is 26.8. The lowest BCUT2D eigenvalue weighted by Crippen LogP contribution is -2.60. The van der Waals surface area contributed by atoms with Crippen molar-refractivity contribution in [3.63, 3.8) is 0 Å². The van der Waals surface area contributed by atoms with Crippen molar-refractivity contribution in [2.75, 3.05) is 9.44 Å². The Hall–Kier alpha value is -0.870. The van der Waals surface area contributed by atoms with E-state index in [2.05, 4.69) is 5.10 Å². The Morgan fingerprint density at radius 1 is 1.22 bits per heavy atom. The number of rotatable bonds is 6. The van der Waals surface area contributed by atoms with E-state index >= 15 is 0 Å². The van der Waals surface area contributed by atoms with Crippen molar-refractivity contribution in [2.45, 2.75) is 59.0 Å². The molecular weight excluding hydrogens is 472 g/mol. The number of hydrogen-bond acceptors (Lipinski definition) is 4. The average Bonchev–Trinajstić information content (AvgIpc) is 2.90. The van der Waals surface area contributed by atoms with Crippen LogP contribution in [0.15, 0.2) is 23.3 Å². The van der Waals surface area contributed by atoms with Gasteiger partial charge in [-0.2, -0.15) is 18.3 Å². The quantitative estimate of drug-likeness (QED) is 0.454. The Balaban J connectivity index is 2.59. The Kier molecular flexibility index (Phi) is 6.85. The number of aryl methyl sites for hydroxylation is 2. The number of aliphatic hydroxyl groups excluding tert-OH is 2. The monoisotopic (exact) mass is 498 g/mol. The second kappa shape index (κ2) is 8.24. The fraction of sp³-hybridized carbons (Fsp3) is 0.632. The van der Waals surface area contributed by atoms with Gasteiger partial charge >= 0.3 is 6.18 Å². The summed E-state index contributed by atoms with van der Waals surface area (Å²) in [7, 11) is 0. The molecule has 0 bridgehead atoms. The van der Waals surface area contributed by atoms with Gasteiger partial charge in [-0.05, 0) is 48.9 Å². The predicted molar refractivity (Wildman–Crippen MR) is 109 cm³/mol. The Morgan fingerprint density at radius 3 is 2.15 bits per heavy atom. The highest BCUT2D eigenvalue weighted by molar-refractivity contribution is 14.1. The average molecular weight is 498 g/mol. The summed E-state index contributed by atoms with van der Waals surface area (Å²) >= 11 is 1.98. The third-order valence-electron chi connectivity index (χ3n) is 5.47. The fourth-order valence-corrected chi connectivity index (χ4v) is 4.52. The molecule has 0 radical (unpaired) electrons. The van der Waals surface area contributed by atoms with Crippen LogP contribution in [0.1, 0.15) is 38.8 Å². The SMILES string of the molecule is CCc1cc(CC)cc(N2N=C(C)C(C(C)CI)(C(O)C(F)(F)F)C2O)c1. The zero-order valence-corrected chi connectivity index (χ0v) is 18.0. The second-order valence-electron chi connectivity index (χ2n) is 7.05. The number of hydrogen-bond donors (Lipinski definition) is 2. The maximum absolute atomic E-state index is 13.5. The maximum Gasteiger partial charge on any atom is 0.415 e. The minimum absolute atomic E-state index is 0.0870. The van der Waals surface area contributed by atoms with Crippen LogP contribution < -0.4 is 5.01 Å². The van der Waals surface area contributed by atoms with Crippen LogP contribution in [0.4, 0.5) is 18.9 Å². The number of nitrogens with zero attached hydrogens (tertiary/aromatic N) is 2. The van der Waals surface area contributed by atoms with Gasteiger partial charge in [-0.3, -0.25) is 0 Å². The van der Waals surface area contributed by atoms with E-state index in [0.717, 1.165) is 24.0 Å². The molecule has 27 heavy (non-hydrogen) atoms. The van der Waals surface area contributed by atoms with Crippen LogP contribution in [0.2, 0.25) is 0 Å². The van der Waals surface area contributed by atoms with E-state index in [1.54, 1.807) is 6.92 Å². The summed E-state index contributed by atoms with van der Waals surface area (Å²) in [5.74, 6) is -0.640. The zero-order chi connectivity index (χ0) is 20.6. The normalized spacial score (nSPS) is 25.5. The van der Waals surface area contributed by atoms with Crippen LogP contribution in [0.25, 0.3) is 0 Å². The molecule has 2 rings (SSSR count). The van der Waals surface area contributed by atoms with Crippen molar-refractivity contribution in [1.82, 2.24) is 0 Å². The maximum atomic E-state index is 13.5. The molecule has 1 aromatic rings. The lowest BCUT2D eigenvalue weighted by Gasteiger charge is -2.43. The number of hydrazone groups is 1. The molecule has 0 saturated carbocycles. The van der Waals surface area contributed by atoms with Crippen LogP contribution in [0, 0.1) is 11.3 Å². The van der Waals surface area contributed by atoms with E-state index in [9.17, 15) is 23.4 Å². The van der Waals surface area contributed by atoms with Crippen molar-refractivity contribution in [3.8, 4) is 0 Å². The van der Waals surface area contributed by atoms with E-state index in [1.807, 2.05) is 54.6 Å². The fourth-order valence-electron chi connectivity index (χ4n) is 3.79. The third-order valence-corrected chi connectivity index (χ3v) is 6.79. The highest BCUT2D eigenvalue weighted by Gasteiger charge is 2.64. The van der Waals surface area contributed by atoms with E-state index in [-0.39, 0.29) is 5.71 Å². The minimum Gasteiger partial charge on any atom is -0.383 e. The molecule has 8 heteroatoms. The molecule has 1 aromatic carbocycles. The van der Waals surface area contributed by atoms with Gasteiger partial charge in [0.2, 0.25) is 0 Å². The van der Waals surface area contributed by atoms with Gasteiger partial charge in [-0.25, -0.2) is 5.01 Å². The number of benzene rings is 1. The highest BCUT2D eigenvalue weighted by Crippen LogP contribution is 2.49. The topological polar surface area (TPSA) is 56.1 Å². The Labute approximate surface area is 171 Å². The molecule has 1 aliphatic heterocycles. The van der Waals surface area contributed by atoms with Gasteiger partial charge in [0.25, 0.3) is 0 Å². The van der Waals surface area contributed by atoms with Crippen molar-refractivity contribution in [2.24, 2.45) is 16.4 Å². The molecule has 0 aromatic heterocycles. The summed E-state index contributed by atoms with van der Waals surface area (Å²) in [6.45, 7) is 7.03. The second-order valence-corrected chi connectivity index (χ2v) is 7.93. The molecular formula is C19H26F3IN2O2. The van der Waals surface area contributed by atoms with E-state index < -0.39 is 29.8 Å².